The lowest BCUT2D eigenvalue weighted by atomic mass is 10.1. The van der Waals surface area contributed by atoms with E-state index in [1.165, 1.54) is 0 Å². The summed E-state index contributed by atoms with van der Waals surface area (Å²) in [6.45, 7) is 1.95. The third kappa shape index (κ3) is 5.13. The van der Waals surface area contributed by atoms with Crippen LogP contribution < -0.4 is 10.6 Å². The van der Waals surface area contributed by atoms with Gasteiger partial charge in [0.25, 0.3) is 11.8 Å². The van der Waals surface area contributed by atoms with Gasteiger partial charge in [0, 0.05) is 34.3 Å². The maximum atomic E-state index is 13.2. The van der Waals surface area contributed by atoms with E-state index >= 15 is 0 Å². The number of hydrogen-bond donors (Lipinski definition) is 3. The van der Waals surface area contributed by atoms with E-state index in [1.54, 1.807) is 30.3 Å². The minimum atomic E-state index is -0.331. The zero-order chi connectivity index (χ0) is 22.3. The highest BCUT2D eigenvalue weighted by Crippen LogP contribution is 2.20. The molecule has 5 nitrogen and oxygen atoms in total. The number of fused-ring (bicyclic) bond motifs is 1. The summed E-state index contributed by atoms with van der Waals surface area (Å²) in [4.78, 5) is 29.2. The topological polar surface area (TPSA) is 74.0 Å². The maximum Gasteiger partial charge on any atom is 0.268 e. The van der Waals surface area contributed by atoms with Crippen LogP contribution in [-0.2, 0) is 11.2 Å². The molecule has 0 fully saturated rings. The van der Waals surface area contributed by atoms with Crippen LogP contribution in [0.15, 0.2) is 96.8 Å². The van der Waals surface area contributed by atoms with Crippen molar-refractivity contribution in [2.24, 2.45) is 0 Å². The van der Waals surface area contributed by atoms with Gasteiger partial charge in [-0.2, -0.15) is 0 Å². The molecule has 0 radical (unpaired) electrons. The Morgan fingerprint density at radius 3 is 2.31 bits per heavy atom. The van der Waals surface area contributed by atoms with Crippen LogP contribution >= 0.6 is 0 Å². The number of benzene rings is 3. The molecular formula is C27H25N3O2. The Bertz CT molecular complexity index is 1240. The lowest BCUT2D eigenvalue weighted by Crippen LogP contribution is -2.40. The van der Waals surface area contributed by atoms with Crippen molar-refractivity contribution in [2.75, 3.05) is 0 Å². The molecule has 4 rings (SSSR count). The van der Waals surface area contributed by atoms with Gasteiger partial charge >= 0.3 is 0 Å². The number of H-pyrrole nitrogens is 1. The molecule has 1 atom stereocenters. The number of amides is 2. The summed E-state index contributed by atoms with van der Waals surface area (Å²) in [6, 6.07) is 26.6. The van der Waals surface area contributed by atoms with Crippen LogP contribution in [0.2, 0.25) is 0 Å². The van der Waals surface area contributed by atoms with E-state index in [0.29, 0.717) is 12.0 Å². The van der Waals surface area contributed by atoms with Crippen molar-refractivity contribution in [3.63, 3.8) is 0 Å². The minimum absolute atomic E-state index is 0.107. The van der Waals surface area contributed by atoms with E-state index in [1.807, 2.05) is 73.8 Å². The number of carbonyl (C=O) groups is 2. The minimum Gasteiger partial charge on any atom is -0.361 e. The maximum absolute atomic E-state index is 13.2. The van der Waals surface area contributed by atoms with E-state index in [0.717, 1.165) is 22.0 Å². The van der Waals surface area contributed by atoms with Gasteiger partial charge in [0.05, 0.1) is 0 Å². The first kappa shape index (κ1) is 21.1. The van der Waals surface area contributed by atoms with E-state index in [9.17, 15) is 9.59 Å². The number of rotatable bonds is 7. The van der Waals surface area contributed by atoms with Crippen molar-refractivity contribution in [2.45, 2.75) is 19.4 Å². The van der Waals surface area contributed by atoms with Crippen molar-refractivity contribution in [1.29, 1.82) is 0 Å². The first-order chi connectivity index (χ1) is 15.6. The first-order valence-electron chi connectivity index (χ1n) is 10.6. The molecule has 3 aromatic carbocycles. The predicted octanol–water partition coefficient (Wildman–Crippen LogP) is 4.69. The smallest absolute Gasteiger partial charge is 0.268 e. The Balaban J connectivity index is 1.59. The second-order valence-corrected chi connectivity index (χ2v) is 7.73. The standard InChI is InChI=1S/C27H25N3O2/c1-19(16-20-10-4-2-5-11-20)29-27(32)25(30-26(31)21-12-6-3-7-13-21)17-22-18-28-24-15-9-8-14-23(22)24/h2-15,17-19,28H,16H2,1H3,(H,29,32)(H,30,31)/b25-17-/t19-/m1/s1. The Morgan fingerprint density at radius 1 is 0.906 bits per heavy atom. The van der Waals surface area contributed by atoms with Gasteiger partial charge in [-0.25, -0.2) is 0 Å². The zero-order valence-corrected chi connectivity index (χ0v) is 17.8. The molecule has 4 aromatic rings. The van der Waals surface area contributed by atoms with Gasteiger partial charge in [0.15, 0.2) is 0 Å². The van der Waals surface area contributed by atoms with Crippen LogP contribution in [0.5, 0.6) is 0 Å². The molecule has 3 N–H and O–H groups in total. The normalized spacial score (nSPS) is 12.3. The third-order valence-corrected chi connectivity index (χ3v) is 5.21. The zero-order valence-electron chi connectivity index (χ0n) is 17.8. The molecule has 0 saturated carbocycles. The largest absolute Gasteiger partial charge is 0.361 e. The Morgan fingerprint density at radius 2 is 1.56 bits per heavy atom. The summed E-state index contributed by atoms with van der Waals surface area (Å²) in [7, 11) is 0. The van der Waals surface area contributed by atoms with E-state index in [2.05, 4.69) is 15.6 Å². The Kier molecular flexibility index (Phi) is 6.46. The van der Waals surface area contributed by atoms with Crippen molar-refractivity contribution in [1.82, 2.24) is 15.6 Å². The highest BCUT2D eigenvalue weighted by Gasteiger charge is 2.17. The quantitative estimate of drug-likeness (QED) is 0.378. The molecule has 0 bridgehead atoms. The summed E-state index contributed by atoms with van der Waals surface area (Å²) < 4.78 is 0. The van der Waals surface area contributed by atoms with Crippen molar-refractivity contribution < 1.29 is 9.59 Å². The predicted molar refractivity (Wildman–Crippen MR) is 128 cm³/mol. The highest BCUT2D eigenvalue weighted by atomic mass is 16.2. The molecule has 0 aliphatic carbocycles. The molecule has 32 heavy (non-hydrogen) atoms. The van der Waals surface area contributed by atoms with Gasteiger partial charge < -0.3 is 15.6 Å². The fourth-order valence-electron chi connectivity index (χ4n) is 3.63. The number of aromatic amines is 1. The summed E-state index contributed by atoms with van der Waals surface area (Å²) in [5.41, 5.74) is 3.61. The number of hydrogen-bond acceptors (Lipinski definition) is 2. The van der Waals surface area contributed by atoms with Gasteiger partial charge in [-0.3, -0.25) is 9.59 Å². The molecule has 2 amide bonds. The summed E-state index contributed by atoms with van der Waals surface area (Å²) >= 11 is 0. The van der Waals surface area contributed by atoms with Gasteiger partial charge in [-0.05, 0) is 43.2 Å². The SMILES string of the molecule is C[C@H](Cc1ccccc1)NC(=O)/C(=C/c1c[nH]c2ccccc12)NC(=O)c1ccccc1. The van der Waals surface area contributed by atoms with Gasteiger partial charge in [-0.1, -0.05) is 66.7 Å². The summed E-state index contributed by atoms with van der Waals surface area (Å²) in [5, 5.41) is 6.79. The first-order valence-corrected chi connectivity index (χ1v) is 10.6. The molecule has 0 spiro atoms. The van der Waals surface area contributed by atoms with E-state index in [4.69, 9.17) is 0 Å². The van der Waals surface area contributed by atoms with Gasteiger partial charge in [0.1, 0.15) is 5.70 Å². The van der Waals surface area contributed by atoms with E-state index < -0.39 is 0 Å². The average Bonchev–Trinajstić information content (AvgIpc) is 3.22. The number of aromatic nitrogens is 1. The van der Waals surface area contributed by atoms with Gasteiger partial charge in [0.2, 0.25) is 0 Å². The van der Waals surface area contributed by atoms with Crippen molar-refractivity contribution >= 4 is 28.8 Å². The molecule has 5 heteroatoms. The van der Waals surface area contributed by atoms with Crippen molar-refractivity contribution in [3.05, 3.63) is 114 Å². The van der Waals surface area contributed by atoms with Crippen LogP contribution in [-0.4, -0.2) is 22.8 Å². The molecule has 0 aliphatic heterocycles. The molecule has 1 aromatic heterocycles. The number of carbonyl (C=O) groups excluding carboxylic acids is 2. The fraction of sp³-hybridized carbons (Fsp3) is 0.111. The van der Waals surface area contributed by atoms with Crippen LogP contribution in [0, 0.1) is 0 Å². The molecule has 0 saturated heterocycles. The van der Waals surface area contributed by atoms with Crippen LogP contribution in [0.1, 0.15) is 28.4 Å². The lowest BCUT2D eigenvalue weighted by Gasteiger charge is -2.16. The monoisotopic (exact) mass is 423 g/mol. The molecule has 1 heterocycles. The van der Waals surface area contributed by atoms with Crippen molar-refractivity contribution in [3.8, 4) is 0 Å². The fourth-order valence-corrected chi connectivity index (χ4v) is 3.63. The van der Waals surface area contributed by atoms with Crippen LogP contribution in [0.3, 0.4) is 0 Å². The molecule has 0 unspecified atom stereocenters. The number of nitrogens with one attached hydrogen (secondary N) is 3. The Hall–Kier alpha value is -4.12. The molecular weight excluding hydrogens is 398 g/mol. The lowest BCUT2D eigenvalue weighted by molar-refractivity contribution is -0.118. The molecule has 0 aliphatic rings. The van der Waals surface area contributed by atoms with Gasteiger partial charge in [-0.15, -0.1) is 0 Å². The highest BCUT2D eigenvalue weighted by molar-refractivity contribution is 6.06. The number of para-hydroxylation sites is 1. The molecule has 160 valence electrons. The van der Waals surface area contributed by atoms with E-state index in [-0.39, 0.29) is 23.6 Å². The summed E-state index contributed by atoms with van der Waals surface area (Å²) in [5.74, 6) is -0.662. The average molecular weight is 424 g/mol. The summed E-state index contributed by atoms with van der Waals surface area (Å²) in [6.07, 6.45) is 4.24. The second-order valence-electron chi connectivity index (χ2n) is 7.73. The third-order valence-electron chi connectivity index (χ3n) is 5.21. The Labute approximate surface area is 187 Å². The van der Waals surface area contributed by atoms with Crippen LogP contribution in [0.4, 0.5) is 0 Å². The second kappa shape index (κ2) is 9.79. The van der Waals surface area contributed by atoms with Crippen LogP contribution in [0.25, 0.3) is 17.0 Å².